The number of nitriles is 1. The Morgan fingerprint density at radius 2 is 1.91 bits per heavy atom. The predicted octanol–water partition coefficient (Wildman–Crippen LogP) is 2.86. The van der Waals surface area contributed by atoms with Crippen LogP contribution in [0.4, 0.5) is 11.5 Å². The third-order valence-corrected chi connectivity index (χ3v) is 5.51. The van der Waals surface area contributed by atoms with E-state index in [1.54, 1.807) is 12.1 Å². The molecule has 0 spiro atoms. The average Bonchev–Trinajstić information content (AvgIpc) is 3.26. The minimum absolute atomic E-state index is 0.00997. The molecule has 1 aromatic heterocycles. The number of rotatable bonds is 3. The van der Waals surface area contributed by atoms with Crippen LogP contribution < -0.4 is 35.2 Å². The highest BCUT2D eigenvalue weighted by Crippen LogP contribution is 2.57. The Kier molecular flexibility index (Phi) is 4.27. The molecule has 1 unspecified atom stereocenters. The van der Waals surface area contributed by atoms with E-state index in [1.165, 1.54) is 26.4 Å². The number of phenolic OH excluding ortho intramolecular Hbond substituents is 1. The molecule has 3 heterocycles. The molecule has 2 aromatic carbocycles. The highest BCUT2D eigenvalue weighted by molar-refractivity contribution is 5.77. The van der Waals surface area contributed by atoms with Gasteiger partial charge in [0, 0.05) is 23.1 Å². The van der Waals surface area contributed by atoms with Crippen molar-refractivity contribution in [2.75, 3.05) is 32.5 Å². The lowest BCUT2D eigenvalue weighted by Crippen LogP contribution is -2.18. The fourth-order valence-electron chi connectivity index (χ4n) is 4.13. The maximum Gasteiger partial charge on any atom is 0.231 e. The summed E-state index contributed by atoms with van der Waals surface area (Å²) in [5.41, 5.74) is 14.2. The molecular weight excluding hydrogens is 416 g/mol. The maximum atomic E-state index is 10.0. The van der Waals surface area contributed by atoms with Crippen LogP contribution in [0.1, 0.15) is 28.2 Å². The van der Waals surface area contributed by atoms with Crippen molar-refractivity contribution in [2.24, 2.45) is 0 Å². The van der Waals surface area contributed by atoms with Gasteiger partial charge >= 0.3 is 0 Å². The number of nitrogen functional groups attached to an aromatic ring is 2. The monoisotopic (exact) mass is 434 g/mol. The molecule has 0 saturated heterocycles. The fraction of sp³-hybridized carbons (Fsp3) is 0.182. The van der Waals surface area contributed by atoms with E-state index in [9.17, 15) is 10.4 Å². The molecule has 1 atom stereocenters. The molecule has 0 amide bonds. The fourth-order valence-corrected chi connectivity index (χ4v) is 4.13. The van der Waals surface area contributed by atoms with Gasteiger partial charge in [0.2, 0.25) is 24.2 Å². The normalized spacial score (nSPS) is 15.2. The van der Waals surface area contributed by atoms with Gasteiger partial charge in [-0.05, 0) is 12.1 Å². The van der Waals surface area contributed by atoms with Crippen LogP contribution in [0.5, 0.6) is 40.4 Å². The second-order valence-electron chi connectivity index (χ2n) is 7.14. The smallest absolute Gasteiger partial charge is 0.231 e. The molecule has 10 heteroatoms. The largest absolute Gasteiger partial charge is 0.508 e. The molecule has 5 N–H and O–H groups in total. The first-order valence-corrected chi connectivity index (χ1v) is 9.52. The standard InChI is InChI=1S/C22H18N4O6/c1-28-14-6-11(18(29-2)20-19(14)30-8-31-20)15-10-4-3-9(27)5-13(10)32-22-16(15)17(24)12(7-23)21(25)26-22/h3-6,15,27H,8H2,1-2H3,(H4,24,25,26). The second-order valence-corrected chi connectivity index (χ2v) is 7.14. The summed E-state index contributed by atoms with van der Waals surface area (Å²) in [4.78, 5) is 4.26. The van der Waals surface area contributed by atoms with Crippen LogP contribution in [0, 0.1) is 11.3 Å². The van der Waals surface area contributed by atoms with E-state index in [0.717, 1.165) is 0 Å². The highest BCUT2D eigenvalue weighted by atomic mass is 16.7. The van der Waals surface area contributed by atoms with Crippen molar-refractivity contribution in [3.63, 3.8) is 0 Å². The van der Waals surface area contributed by atoms with Crippen molar-refractivity contribution < 1.29 is 28.8 Å². The quantitative estimate of drug-likeness (QED) is 0.438. The third-order valence-electron chi connectivity index (χ3n) is 5.51. The van der Waals surface area contributed by atoms with E-state index in [2.05, 4.69) is 4.98 Å². The van der Waals surface area contributed by atoms with Gasteiger partial charge in [-0.3, -0.25) is 0 Å². The first-order valence-electron chi connectivity index (χ1n) is 9.52. The zero-order valence-corrected chi connectivity index (χ0v) is 17.1. The number of nitrogens with zero attached hydrogens (tertiary/aromatic N) is 2. The Morgan fingerprint density at radius 1 is 1.12 bits per heavy atom. The number of pyridine rings is 1. The average molecular weight is 434 g/mol. The van der Waals surface area contributed by atoms with E-state index in [4.69, 9.17) is 35.2 Å². The summed E-state index contributed by atoms with van der Waals surface area (Å²) < 4.78 is 28.4. The number of ether oxygens (including phenoxy) is 5. The third kappa shape index (κ3) is 2.61. The Labute approximate surface area is 182 Å². The van der Waals surface area contributed by atoms with Gasteiger partial charge in [0.05, 0.1) is 25.5 Å². The number of hydrogen-bond donors (Lipinski definition) is 3. The summed E-state index contributed by atoms with van der Waals surface area (Å²) in [5.74, 6) is 1.49. The van der Waals surface area contributed by atoms with Crippen LogP contribution >= 0.6 is 0 Å². The van der Waals surface area contributed by atoms with Crippen LogP contribution in [0.25, 0.3) is 0 Å². The number of aromatic nitrogens is 1. The molecule has 0 saturated carbocycles. The molecule has 0 radical (unpaired) electrons. The van der Waals surface area contributed by atoms with Gasteiger partial charge in [0.15, 0.2) is 11.5 Å². The summed E-state index contributed by atoms with van der Waals surface area (Å²) >= 11 is 0. The SMILES string of the molecule is COc1cc(C2c3ccc(O)cc3Oc3nc(N)c(C#N)c(N)c32)c(OC)c2c1OCO2. The number of fused-ring (bicyclic) bond motifs is 3. The summed E-state index contributed by atoms with van der Waals surface area (Å²) in [7, 11) is 3.03. The van der Waals surface area contributed by atoms with Crippen molar-refractivity contribution in [3.8, 4) is 46.4 Å². The van der Waals surface area contributed by atoms with E-state index < -0.39 is 5.92 Å². The van der Waals surface area contributed by atoms with Gasteiger partial charge in [-0.1, -0.05) is 6.07 Å². The molecule has 3 aromatic rings. The number of hydrogen-bond acceptors (Lipinski definition) is 10. The van der Waals surface area contributed by atoms with Gasteiger partial charge in [-0.2, -0.15) is 10.2 Å². The lowest BCUT2D eigenvalue weighted by molar-refractivity contribution is 0.168. The Morgan fingerprint density at radius 3 is 2.62 bits per heavy atom. The number of methoxy groups -OCH3 is 2. The minimum atomic E-state index is -0.604. The molecule has 0 bridgehead atoms. The predicted molar refractivity (Wildman–Crippen MR) is 113 cm³/mol. The second kappa shape index (κ2) is 7.02. The molecule has 162 valence electrons. The zero-order chi connectivity index (χ0) is 22.6. The lowest BCUT2D eigenvalue weighted by Gasteiger charge is -2.30. The number of phenols is 1. The Bertz CT molecular complexity index is 1320. The van der Waals surface area contributed by atoms with Crippen molar-refractivity contribution in [2.45, 2.75) is 5.92 Å². The lowest BCUT2D eigenvalue weighted by atomic mass is 9.81. The van der Waals surface area contributed by atoms with Crippen LogP contribution in [-0.2, 0) is 0 Å². The van der Waals surface area contributed by atoms with Crippen molar-refractivity contribution in [1.82, 2.24) is 4.98 Å². The molecule has 5 rings (SSSR count). The van der Waals surface area contributed by atoms with Gasteiger partial charge in [-0.25, -0.2) is 0 Å². The van der Waals surface area contributed by atoms with Crippen molar-refractivity contribution >= 4 is 11.5 Å². The molecular formula is C22H18N4O6. The van der Waals surface area contributed by atoms with E-state index in [1.807, 2.05) is 6.07 Å². The van der Waals surface area contributed by atoms with Crippen molar-refractivity contribution in [1.29, 1.82) is 5.26 Å². The Balaban J connectivity index is 1.88. The molecule has 0 aliphatic carbocycles. The van der Waals surface area contributed by atoms with Crippen LogP contribution in [0.15, 0.2) is 24.3 Å². The zero-order valence-electron chi connectivity index (χ0n) is 17.1. The molecule has 0 fully saturated rings. The highest BCUT2D eigenvalue weighted by Gasteiger charge is 2.38. The van der Waals surface area contributed by atoms with E-state index in [-0.39, 0.29) is 35.5 Å². The molecule has 10 nitrogen and oxygen atoms in total. The number of benzene rings is 2. The van der Waals surface area contributed by atoms with Crippen molar-refractivity contribution in [3.05, 3.63) is 46.5 Å². The van der Waals surface area contributed by atoms with Crippen LogP contribution in [0.3, 0.4) is 0 Å². The van der Waals surface area contributed by atoms with Crippen LogP contribution in [0.2, 0.25) is 0 Å². The number of nitrogens with two attached hydrogens (primary N) is 2. The maximum absolute atomic E-state index is 10.0. The molecule has 2 aliphatic rings. The topological polar surface area (TPSA) is 155 Å². The van der Waals surface area contributed by atoms with Gasteiger partial charge in [0.25, 0.3) is 0 Å². The summed E-state index contributed by atoms with van der Waals surface area (Å²) in [6.45, 7) is 0.0130. The Hall–Kier alpha value is -4.52. The summed E-state index contributed by atoms with van der Waals surface area (Å²) in [6, 6.07) is 8.46. The number of aromatic hydroxyl groups is 1. The summed E-state index contributed by atoms with van der Waals surface area (Å²) in [6.07, 6.45) is 0. The van der Waals surface area contributed by atoms with Crippen LogP contribution in [-0.4, -0.2) is 31.1 Å². The molecule has 32 heavy (non-hydrogen) atoms. The van der Waals surface area contributed by atoms with Gasteiger partial charge in [-0.15, -0.1) is 0 Å². The molecule has 2 aliphatic heterocycles. The van der Waals surface area contributed by atoms with Gasteiger partial charge in [0.1, 0.15) is 28.9 Å². The van der Waals surface area contributed by atoms with Gasteiger partial charge < -0.3 is 40.3 Å². The van der Waals surface area contributed by atoms with E-state index in [0.29, 0.717) is 45.4 Å². The first kappa shape index (κ1) is 19.4. The summed E-state index contributed by atoms with van der Waals surface area (Å²) in [5, 5.41) is 19.6. The first-order chi connectivity index (χ1) is 15.5. The number of anilines is 2. The van der Waals surface area contributed by atoms with E-state index >= 15 is 0 Å². The minimum Gasteiger partial charge on any atom is -0.508 e.